The number of methoxy groups -OCH3 is 1. The first-order chi connectivity index (χ1) is 10.5. The number of carbonyl (C=O) groups is 1. The standard InChI is InChI=1S/C17H23N3O2/c1-12(2)11-15(21)19-16(17-18-9-10-20(17)3)13-7-5-6-8-14(13)22-4/h5-10,12,16H,11H2,1-4H3,(H,19,21)/t16-/m0/s1. The average Bonchev–Trinajstić information content (AvgIpc) is 2.90. The zero-order valence-corrected chi connectivity index (χ0v) is 13.5. The molecule has 2 aromatic rings. The number of carbonyl (C=O) groups excluding carboxylic acids is 1. The van der Waals surface area contributed by atoms with Gasteiger partial charge >= 0.3 is 0 Å². The predicted octanol–water partition coefficient (Wildman–Crippen LogP) is 2.68. The molecule has 1 aromatic carbocycles. The Kier molecular flexibility index (Phi) is 5.20. The number of nitrogens with one attached hydrogen (secondary N) is 1. The summed E-state index contributed by atoms with van der Waals surface area (Å²) in [5.41, 5.74) is 0.899. The van der Waals surface area contributed by atoms with Crippen molar-refractivity contribution in [2.45, 2.75) is 26.3 Å². The highest BCUT2D eigenvalue weighted by atomic mass is 16.5. The third-order valence-electron chi connectivity index (χ3n) is 3.47. The van der Waals surface area contributed by atoms with Gasteiger partial charge in [-0.15, -0.1) is 0 Å². The van der Waals surface area contributed by atoms with Crippen LogP contribution in [0.5, 0.6) is 5.75 Å². The van der Waals surface area contributed by atoms with Crippen molar-refractivity contribution in [2.24, 2.45) is 13.0 Å². The van der Waals surface area contributed by atoms with Crippen LogP contribution in [0.1, 0.15) is 37.7 Å². The maximum absolute atomic E-state index is 12.3. The van der Waals surface area contributed by atoms with E-state index in [0.717, 1.165) is 17.1 Å². The molecule has 2 rings (SSSR count). The number of aromatic nitrogens is 2. The number of rotatable bonds is 6. The van der Waals surface area contributed by atoms with E-state index in [-0.39, 0.29) is 11.9 Å². The van der Waals surface area contributed by atoms with Crippen molar-refractivity contribution in [3.05, 3.63) is 48.0 Å². The van der Waals surface area contributed by atoms with Crippen molar-refractivity contribution in [2.75, 3.05) is 7.11 Å². The maximum Gasteiger partial charge on any atom is 0.221 e. The van der Waals surface area contributed by atoms with Gasteiger partial charge in [-0.3, -0.25) is 4.79 Å². The van der Waals surface area contributed by atoms with E-state index in [0.29, 0.717) is 12.3 Å². The molecule has 1 aromatic heterocycles. The Morgan fingerprint density at radius 2 is 2.09 bits per heavy atom. The van der Waals surface area contributed by atoms with Crippen molar-refractivity contribution in [1.29, 1.82) is 0 Å². The molecule has 0 aliphatic carbocycles. The fourth-order valence-corrected chi connectivity index (χ4v) is 2.43. The second-order valence-electron chi connectivity index (χ2n) is 5.74. The average molecular weight is 301 g/mol. The second kappa shape index (κ2) is 7.11. The summed E-state index contributed by atoms with van der Waals surface area (Å²) in [6, 6.07) is 7.35. The summed E-state index contributed by atoms with van der Waals surface area (Å²) in [6.07, 6.45) is 4.08. The van der Waals surface area contributed by atoms with Crippen LogP contribution in [0.4, 0.5) is 0 Å². The topological polar surface area (TPSA) is 56.1 Å². The molecular weight excluding hydrogens is 278 g/mol. The number of hydrogen-bond donors (Lipinski definition) is 1. The summed E-state index contributed by atoms with van der Waals surface area (Å²) in [4.78, 5) is 16.6. The Labute approximate surface area is 131 Å². The molecule has 118 valence electrons. The van der Waals surface area contributed by atoms with Crippen molar-refractivity contribution in [1.82, 2.24) is 14.9 Å². The molecule has 1 atom stereocenters. The van der Waals surface area contributed by atoms with Gasteiger partial charge in [0.2, 0.25) is 5.91 Å². The summed E-state index contributed by atoms with van der Waals surface area (Å²) < 4.78 is 7.35. The Bertz CT molecular complexity index is 634. The number of aryl methyl sites for hydroxylation is 1. The minimum absolute atomic E-state index is 0.00825. The molecule has 0 saturated carbocycles. The summed E-state index contributed by atoms with van der Waals surface area (Å²) in [5.74, 6) is 1.83. The molecule has 1 N–H and O–H groups in total. The van der Waals surface area contributed by atoms with Gasteiger partial charge in [0.1, 0.15) is 17.6 Å². The Hall–Kier alpha value is -2.30. The molecule has 1 amide bonds. The molecule has 0 aliphatic heterocycles. The van der Waals surface area contributed by atoms with Crippen LogP contribution in [-0.2, 0) is 11.8 Å². The number of hydrogen-bond acceptors (Lipinski definition) is 3. The van der Waals surface area contributed by atoms with E-state index in [9.17, 15) is 4.79 Å². The number of amides is 1. The van der Waals surface area contributed by atoms with Gasteiger partial charge in [-0.05, 0) is 12.0 Å². The van der Waals surface area contributed by atoms with E-state index < -0.39 is 0 Å². The van der Waals surface area contributed by atoms with Crippen molar-refractivity contribution in [3.63, 3.8) is 0 Å². The van der Waals surface area contributed by atoms with E-state index in [2.05, 4.69) is 10.3 Å². The SMILES string of the molecule is COc1ccccc1[C@H](NC(=O)CC(C)C)c1nccn1C. The van der Waals surface area contributed by atoms with Crippen molar-refractivity contribution < 1.29 is 9.53 Å². The van der Waals surface area contributed by atoms with Crippen molar-refractivity contribution >= 4 is 5.91 Å². The lowest BCUT2D eigenvalue weighted by molar-refractivity contribution is -0.122. The van der Waals surface area contributed by atoms with E-state index >= 15 is 0 Å². The minimum Gasteiger partial charge on any atom is -0.496 e. The summed E-state index contributed by atoms with van der Waals surface area (Å²) in [7, 11) is 3.55. The Balaban J connectivity index is 2.38. The molecule has 0 aliphatic rings. The van der Waals surface area contributed by atoms with Crippen LogP contribution in [0.2, 0.25) is 0 Å². The zero-order valence-electron chi connectivity index (χ0n) is 13.5. The molecule has 1 heterocycles. The van der Waals surface area contributed by atoms with Gasteiger partial charge < -0.3 is 14.6 Å². The fourth-order valence-electron chi connectivity index (χ4n) is 2.43. The van der Waals surface area contributed by atoms with Gasteiger partial charge in [-0.25, -0.2) is 4.98 Å². The van der Waals surface area contributed by atoms with Gasteiger partial charge in [-0.2, -0.15) is 0 Å². The van der Waals surface area contributed by atoms with Crippen LogP contribution in [0.15, 0.2) is 36.7 Å². The molecule has 0 bridgehead atoms. The lowest BCUT2D eigenvalue weighted by atomic mass is 10.0. The third kappa shape index (κ3) is 3.67. The number of para-hydroxylation sites is 1. The van der Waals surface area contributed by atoms with E-state index in [1.54, 1.807) is 13.3 Å². The minimum atomic E-state index is -0.331. The van der Waals surface area contributed by atoms with Gasteiger partial charge in [0, 0.05) is 31.4 Å². The molecule has 0 saturated heterocycles. The quantitative estimate of drug-likeness (QED) is 0.892. The van der Waals surface area contributed by atoms with Crippen LogP contribution in [0.25, 0.3) is 0 Å². The first-order valence-corrected chi connectivity index (χ1v) is 7.42. The summed E-state index contributed by atoms with van der Waals surface area (Å²) >= 11 is 0. The van der Waals surface area contributed by atoms with Gasteiger partial charge in [0.15, 0.2) is 0 Å². The molecule has 0 fully saturated rings. The van der Waals surface area contributed by atoms with E-state index in [1.165, 1.54) is 0 Å². The monoisotopic (exact) mass is 301 g/mol. The highest BCUT2D eigenvalue weighted by Crippen LogP contribution is 2.29. The molecule has 0 radical (unpaired) electrons. The largest absolute Gasteiger partial charge is 0.496 e. The molecule has 0 spiro atoms. The molecule has 5 heteroatoms. The summed E-state index contributed by atoms with van der Waals surface area (Å²) in [6.45, 7) is 4.05. The summed E-state index contributed by atoms with van der Waals surface area (Å²) in [5, 5.41) is 3.08. The second-order valence-corrected chi connectivity index (χ2v) is 5.74. The lowest BCUT2D eigenvalue weighted by Crippen LogP contribution is -2.32. The number of ether oxygens (including phenoxy) is 1. The molecule has 5 nitrogen and oxygen atoms in total. The smallest absolute Gasteiger partial charge is 0.221 e. The lowest BCUT2D eigenvalue weighted by Gasteiger charge is -2.21. The normalized spacial score (nSPS) is 12.2. The highest BCUT2D eigenvalue weighted by molar-refractivity contribution is 5.77. The van der Waals surface area contributed by atoms with E-state index in [4.69, 9.17) is 4.74 Å². The first-order valence-electron chi connectivity index (χ1n) is 7.42. The zero-order chi connectivity index (χ0) is 16.1. The van der Waals surface area contributed by atoms with Gasteiger partial charge in [0.05, 0.1) is 7.11 Å². The van der Waals surface area contributed by atoms with Crippen LogP contribution in [0.3, 0.4) is 0 Å². The third-order valence-corrected chi connectivity index (χ3v) is 3.47. The molecular formula is C17H23N3O2. The Morgan fingerprint density at radius 1 is 1.36 bits per heavy atom. The Morgan fingerprint density at radius 3 is 2.68 bits per heavy atom. The highest BCUT2D eigenvalue weighted by Gasteiger charge is 2.23. The van der Waals surface area contributed by atoms with Gasteiger partial charge in [-0.1, -0.05) is 32.0 Å². The number of imidazole rings is 1. The van der Waals surface area contributed by atoms with Crippen LogP contribution in [-0.4, -0.2) is 22.6 Å². The number of benzene rings is 1. The predicted molar refractivity (Wildman–Crippen MR) is 85.6 cm³/mol. The van der Waals surface area contributed by atoms with Gasteiger partial charge in [0.25, 0.3) is 0 Å². The first kappa shape index (κ1) is 16.1. The fraction of sp³-hybridized carbons (Fsp3) is 0.412. The molecule has 22 heavy (non-hydrogen) atoms. The van der Waals surface area contributed by atoms with Crippen LogP contribution >= 0.6 is 0 Å². The van der Waals surface area contributed by atoms with Crippen LogP contribution < -0.4 is 10.1 Å². The van der Waals surface area contributed by atoms with Crippen LogP contribution in [0, 0.1) is 5.92 Å². The van der Waals surface area contributed by atoms with E-state index in [1.807, 2.05) is 55.9 Å². The molecule has 0 unspecified atom stereocenters. The number of nitrogens with zero attached hydrogens (tertiary/aromatic N) is 2. The maximum atomic E-state index is 12.3. The van der Waals surface area contributed by atoms with Crippen molar-refractivity contribution in [3.8, 4) is 5.75 Å².